The van der Waals surface area contributed by atoms with Crippen LogP contribution in [-0.2, 0) is 10.5 Å². The zero-order valence-electron chi connectivity index (χ0n) is 15.9. The van der Waals surface area contributed by atoms with Crippen LogP contribution in [0.3, 0.4) is 0 Å². The third-order valence-electron chi connectivity index (χ3n) is 4.86. The monoisotopic (exact) mass is 384 g/mol. The van der Waals surface area contributed by atoms with Crippen molar-refractivity contribution in [2.24, 2.45) is 0 Å². The molecule has 5 nitrogen and oxygen atoms in total. The fourth-order valence-electron chi connectivity index (χ4n) is 3.23. The Morgan fingerprint density at radius 3 is 2.56 bits per heavy atom. The van der Waals surface area contributed by atoms with Gasteiger partial charge in [0.2, 0.25) is 5.91 Å². The molecule has 1 amide bonds. The summed E-state index contributed by atoms with van der Waals surface area (Å²) in [5, 5.41) is 3.07. The van der Waals surface area contributed by atoms with E-state index in [4.69, 9.17) is 0 Å². The summed E-state index contributed by atoms with van der Waals surface area (Å²) in [6, 6.07) is 16.8. The lowest BCUT2D eigenvalue weighted by molar-refractivity contribution is -0.118. The molecule has 0 bridgehead atoms. The quantitative estimate of drug-likeness (QED) is 0.758. The number of amides is 1. The summed E-state index contributed by atoms with van der Waals surface area (Å²) in [6.45, 7) is 7.01. The molecule has 0 aliphatic carbocycles. The molecule has 1 atom stereocenters. The number of carbonyl (C=O) groups is 1. The number of para-hydroxylation sites is 1. The van der Waals surface area contributed by atoms with E-state index >= 15 is 0 Å². The first kappa shape index (κ1) is 19.7. The number of aromatic nitrogens is 1. The number of pyridine rings is 1. The van der Waals surface area contributed by atoms with E-state index in [0.717, 1.165) is 37.6 Å². The number of anilines is 1. The predicted octanol–water partition coefficient (Wildman–Crippen LogP) is 2.64. The lowest BCUT2D eigenvalue weighted by Crippen LogP contribution is -2.52. The van der Waals surface area contributed by atoms with E-state index in [1.165, 1.54) is 5.69 Å². The van der Waals surface area contributed by atoms with Crippen LogP contribution in [-0.4, -0.2) is 60.3 Å². The molecule has 6 heteroatoms. The molecule has 1 aliphatic heterocycles. The Hall–Kier alpha value is -2.05. The Bertz CT molecular complexity index is 690. The molecule has 1 N–H and O–H groups in total. The van der Waals surface area contributed by atoms with Crippen LogP contribution in [0.25, 0.3) is 0 Å². The van der Waals surface area contributed by atoms with Crippen molar-refractivity contribution in [2.45, 2.75) is 18.7 Å². The second-order valence-electron chi connectivity index (χ2n) is 6.83. The second-order valence-corrected chi connectivity index (χ2v) is 7.81. The Morgan fingerprint density at radius 1 is 1.11 bits per heavy atom. The van der Waals surface area contributed by atoms with E-state index < -0.39 is 0 Å². The Labute approximate surface area is 166 Å². The topological polar surface area (TPSA) is 48.5 Å². The number of rotatable bonds is 8. The van der Waals surface area contributed by atoms with Crippen LogP contribution in [0, 0.1) is 0 Å². The molecule has 2 heterocycles. The largest absolute Gasteiger partial charge is 0.369 e. The minimum Gasteiger partial charge on any atom is -0.369 e. The Morgan fingerprint density at radius 2 is 1.85 bits per heavy atom. The van der Waals surface area contributed by atoms with Crippen molar-refractivity contribution in [1.29, 1.82) is 0 Å². The summed E-state index contributed by atoms with van der Waals surface area (Å²) >= 11 is 1.60. The summed E-state index contributed by atoms with van der Waals surface area (Å²) in [7, 11) is 0. The number of hydrogen-bond acceptors (Lipinski definition) is 5. The number of hydrogen-bond donors (Lipinski definition) is 1. The van der Waals surface area contributed by atoms with E-state index in [0.29, 0.717) is 18.3 Å². The maximum absolute atomic E-state index is 12.1. The number of nitrogens with one attached hydrogen (secondary N) is 1. The number of thioether (sulfide) groups is 1. The van der Waals surface area contributed by atoms with Gasteiger partial charge in [0, 0.05) is 56.4 Å². The molecule has 1 fully saturated rings. The number of carbonyl (C=O) groups excluding carboxylic acids is 1. The van der Waals surface area contributed by atoms with Crippen molar-refractivity contribution in [3.8, 4) is 0 Å². The number of benzene rings is 1. The Kier molecular flexibility index (Phi) is 7.54. The highest BCUT2D eigenvalue weighted by molar-refractivity contribution is 7.99. The van der Waals surface area contributed by atoms with Gasteiger partial charge in [-0.05, 0) is 31.2 Å². The highest BCUT2D eigenvalue weighted by atomic mass is 32.2. The summed E-state index contributed by atoms with van der Waals surface area (Å²) < 4.78 is 0. The SMILES string of the molecule is CC(CNC(=O)CSCc1ccccn1)N1CCN(c2ccccc2)CC1. The van der Waals surface area contributed by atoms with Crippen molar-refractivity contribution in [1.82, 2.24) is 15.2 Å². The van der Waals surface area contributed by atoms with Crippen molar-refractivity contribution < 1.29 is 4.79 Å². The van der Waals surface area contributed by atoms with Crippen molar-refractivity contribution in [3.63, 3.8) is 0 Å². The smallest absolute Gasteiger partial charge is 0.230 e. The molecule has 0 saturated carbocycles. The third-order valence-corrected chi connectivity index (χ3v) is 5.83. The standard InChI is InChI=1S/C21H28N4OS/c1-18(15-23-21(26)17-27-16-19-7-5-6-10-22-19)24-11-13-25(14-12-24)20-8-3-2-4-9-20/h2-10,18H,11-17H2,1H3,(H,23,26). The predicted molar refractivity (Wildman–Crippen MR) is 113 cm³/mol. The molecular weight excluding hydrogens is 356 g/mol. The highest BCUT2D eigenvalue weighted by Crippen LogP contribution is 2.16. The first-order chi connectivity index (χ1) is 13.2. The van der Waals surface area contributed by atoms with Gasteiger partial charge >= 0.3 is 0 Å². The zero-order valence-corrected chi connectivity index (χ0v) is 16.7. The maximum atomic E-state index is 12.1. The number of nitrogens with zero attached hydrogens (tertiary/aromatic N) is 3. The van der Waals surface area contributed by atoms with Gasteiger partial charge in [-0.2, -0.15) is 0 Å². The Balaban J connectivity index is 1.32. The van der Waals surface area contributed by atoms with Crippen molar-refractivity contribution in [2.75, 3.05) is 43.4 Å². The molecule has 27 heavy (non-hydrogen) atoms. The van der Waals surface area contributed by atoms with Crippen LogP contribution in [0.15, 0.2) is 54.7 Å². The van der Waals surface area contributed by atoms with Gasteiger partial charge in [0.05, 0.1) is 11.4 Å². The fourth-order valence-corrected chi connectivity index (χ4v) is 4.00. The molecule has 1 unspecified atom stereocenters. The molecule has 2 aromatic rings. The molecule has 1 aromatic carbocycles. The van der Waals surface area contributed by atoms with E-state index in [1.807, 2.05) is 18.2 Å². The minimum atomic E-state index is 0.103. The first-order valence-electron chi connectivity index (χ1n) is 9.51. The molecular formula is C21H28N4OS. The maximum Gasteiger partial charge on any atom is 0.230 e. The van der Waals surface area contributed by atoms with Crippen molar-refractivity contribution in [3.05, 3.63) is 60.4 Å². The summed E-state index contributed by atoms with van der Waals surface area (Å²) in [5.41, 5.74) is 2.31. The lowest BCUT2D eigenvalue weighted by atomic mass is 10.2. The van der Waals surface area contributed by atoms with Gasteiger partial charge in [-0.3, -0.25) is 14.7 Å². The van der Waals surface area contributed by atoms with E-state index in [9.17, 15) is 4.79 Å². The van der Waals surface area contributed by atoms with Crippen LogP contribution >= 0.6 is 11.8 Å². The summed E-state index contributed by atoms with van der Waals surface area (Å²) in [6.07, 6.45) is 1.79. The van der Waals surface area contributed by atoms with Gasteiger partial charge < -0.3 is 10.2 Å². The molecule has 1 saturated heterocycles. The van der Waals surface area contributed by atoms with Crippen LogP contribution in [0.1, 0.15) is 12.6 Å². The molecule has 1 aliphatic rings. The molecule has 0 spiro atoms. The second kappa shape index (κ2) is 10.3. The normalized spacial score (nSPS) is 16.1. The zero-order chi connectivity index (χ0) is 18.9. The average molecular weight is 385 g/mol. The van der Waals surface area contributed by atoms with E-state index in [2.05, 4.69) is 57.4 Å². The fraction of sp³-hybridized carbons (Fsp3) is 0.429. The summed E-state index contributed by atoms with van der Waals surface area (Å²) in [5.74, 6) is 1.35. The molecule has 1 aromatic heterocycles. The third kappa shape index (κ3) is 6.26. The van der Waals surface area contributed by atoms with Gasteiger partial charge in [-0.25, -0.2) is 0 Å². The van der Waals surface area contributed by atoms with Gasteiger partial charge in [0.15, 0.2) is 0 Å². The van der Waals surface area contributed by atoms with E-state index in [1.54, 1.807) is 18.0 Å². The minimum absolute atomic E-state index is 0.103. The number of piperazine rings is 1. The first-order valence-corrected chi connectivity index (χ1v) is 10.7. The van der Waals surface area contributed by atoms with Crippen LogP contribution < -0.4 is 10.2 Å². The van der Waals surface area contributed by atoms with Crippen LogP contribution in [0.5, 0.6) is 0 Å². The molecule has 0 radical (unpaired) electrons. The molecule has 3 rings (SSSR count). The summed E-state index contributed by atoms with van der Waals surface area (Å²) in [4.78, 5) is 21.2. The highest BCUT2D eigenvalue weighted by Gasteiger charge is 2.21. The van der Waals surface area contributed by atoms with Gasteiger partial charge in [0.25, 0.3) is 0 Å². The van der Waals surface area contributed by atoms with Crippen molar-refractivity contribution >= 4 is 23.4 Å². The van der Waals surface area contributed by atoms with Gasteiger partial charge in [-0.15, -0.1) is 11.8 Å². The van der Waals surface area contributed by atoms with Gasteiger partial charge in [0.1, 0.15) is 0 Å². The van der Waals surface area contributed by atoms with Crippen LogP contribution in [0.2, 0.25) is 0 Å². The van der Waals surface area contributed by atoms with Crippen LogP contribution in [0.4, 0.5) is 5.69 Å². The average Bonchev–Trinajstić information content (AvgIpc) is 2.73. The lowest BCUT2D eigenvalue weighted by Gasteiger charge is -2.39. The van der Waals surface area contributed by atoms with Gasteiger partial charge in [-0.1, -0.05) is 24.3 Å². The molecule has 144 valence electrons. The van der Waals surface area contributed by atoms with E-state index in [-0.39, 0.29) is 5.91 Å².